The molecule has 0 amide bonds. The number of hydrogen-bond acceptors (Lipinski definition) is 2. The number of carboxylic acid groups (broad SMARTS) is 1. The molecule has 2 nitrogen and oxygen atoms in total. The largest absolute Gasteiger partial charge is 0.478 e. The van der Waals surface area contributed by atoms with Crippen molar-refractivity contribution < 1.29 is 9.90 Å². The van der Waals surface area contributed by atoms with Gasteiger partial charge in [0.25, 0.3) is 0 Å². The Kier molecular flexibility index (Phi) is 7.92. The third-order valence-electron chi connectivity index (χ3n) is 2.40. The molecule has 0 spiro atoms. The second-order valence-corrected chi connectivity index (χ2v) is 4.99. The monoisotopic (exact) mass is 286 g/mol. The molecule has 0 aromatic heterocycles. The van der Waals surface area contributed by atoms with Crippen LogP contribution in [0.3, 0.4) is 0 Å². The van der Waals surface area contributed by atoms with E-state index in [9.17, 15) is 4.79 Å². The minimum absolute atomic E-state index is 0.833. The summed E-state index contributed by atoms with van der Waals surface area (Å²) in [5.74, 6) is 1.20. The molecule has 0 unspecified atom stereocenters. The third-order valence-corrected chi connectivity index (χ3v) is 3.47. The summed E-state index contributed by atoms with van der Waals surface area (Å²) in [5.41, 5.74) is 2.80. The maximum atomic E-state index is 9.25. The highest BCUT2D eigenvalue weighted by atomic mass is 32.2. The average Bonchev–Trinajstić information content (AvgIpc) is 2.50. The van der Waals surface area contributed by atoms with Crippen LogP contribution < -0.4 is 0 Å². The van der Waals surface area contributed by atoms with Crippen molar-refractivity contribution in [3.63, 3.8) is 0 Å². The van der Waals surface area contributed by atoms with Crippen molar-refractivity contribution in [2.24, 2.45) is 0 Å². The summed E-state index contributed by atoms with van der Waals surface area (Å²) in [6.07, 6.45) is 0.833. The highest BCUT2D eigenvalue weighted by Gasteiger charge is 1.93. The summed E-state index contributed by atoms with van der Waals surface area (Å²) in [6.45, 7) is 2.96. The standard InChI is InChI=1S/C14H14S.C3H4O2/c1-3-7-13(8-4-1)11-15-12-14-9-5-2-6-10-14;1-2-3(4)5/h1-10H,11-12H2;2H,1H2,(H,4,5). The molecule has 0 aliphatic carbocycles. The molecule has 0 atom stereocenters. The van der Waals surface area contributed by atoms with Crippen LogP contribution in [0, 0.1) is 0 Å². The van der Waals surface area contributed by atoms with Gasteiger partial charge in [-0.15, -0.1) is 0 Å². The lowest BCUT2D eigenvalue weighted by Gasteiger charge is -2.01. The molecule has 0 saturated carbocycles. The van der Waals surface area contributed by atoms with Crippen LogP contribution in [0.15, 0.2) is 73.3 Å². The first-order valence-electron chi connectivity index (χ1n) is 6.23. The molecule has 0 saturated heterocycles. The molecule has 0 aliphatic rings. The Labute approximate surface area is 124 Å². The number of thioether (sulfide) groups is 1. The summed E-state index contributed by atoms with van der Waals surface area (Å²) in [4.78, 5) is 9.25. The zero-order valence-corrected chi connectivity index (χ0v) is 12.1. The minimum atomic E-state index is -0.981. The van der Waals surface area contributed by atoms with Gasteiger partial charge < -0.3 is 5.11 Å². The lowest BCUT2D eigenvalue weighted by molar-refractivity contribution is -0.131. The first kappa shape index (κ1) is 16.1. The fraction of sp³-hybridized carbons (Fsp3) is 0.118. The second-order valence-electron chi connectivity index (χ2n) is 4.01. The van der Waals surface area contributed by atoms with Gasteiger partial charge in [0.15, 0.2) is 0 Å². The molecule has 2 aromatic carbocycles. The maximum Gasteiger partial charge on any atom is 0.327 e. The molecule has 0 radical (unpaired) electrons. The summed E-state index contributed by atoms with van der Waals surface area (Å²) in [7, 11) is 0. The summed E-state index contributed by atoms with van der Waals surface area (Å²) >= 11 is 1.96. The van der Waals surface area contributed by atoms with E-state index in [1.54, 1.807) is 0 Å². The lowest BCUT2D eigenvalue weighted by Crippen LogP contribution is -1.82. The van der Waals surface area contributed by atoms with E-state index < -0.39 is 5.97 Å². The van der Waals surface area contributed by atoms with Gasteiger partial charge in [0.1, 0.15) is 0 Å². The van der Waals surface area contributed by atoms with E-state index >= 15 is 0 Å². The molecule has 3 heteroatoms. The number of aliphatic carboxylic acids is 1. The molecule has 1 N–H and O–H groups in total. The minimum Gasteiger partial charge on any atom is -0.478 e. The van der Waals surface area contributed by atoms with Crippen molar-refractivity contribution in [3.8, 4) is 0 Å². The predicted molar refractivity (Wildman–Crippen MR) is 85.7 cm³/mol. The third kappa shape index (κ3) is 7.44. The first-order valence-corrected chi connectivity index (χ1v) is 7.39. The Bertz CT molecular complexity index is 470. The van der Waals surface area contributed by atoms with Crippen LogP contribution in [0.4, 0.5) is 0 Å². The zero-order valence-electron chi connectivity index (χ0n) is 11.2. The highest BCUT2D eigenvalue weighted by Crippen LogP contribution is 2.17. The fourth-order valence-electron chi connectivity index (χ4n) is 1.44. The Hall–Kier alpha value is -2.00. The van der Waals surface area contributed by atoms with E-state index in [0.29, 0.717) is 0 Å². The molecule has 0 bridgehead atoms. The second kappa shape index (κ2) is 9.87. The van der Waals surface area contributed by atoms with Crippen molar-refractivity contribution in [2.75, 3.05) is 0 Å². The van der Waals surface area contributed by atoms with Gasteiger partial charge in [-0.25, -0.2) is 4.79 Å². The quantitative estimate of drug-likeness (QED) is 0.829. The molecule has 20 heavy (non-hydrogen) atoms. The van der Waals surface area contributed by atoms with Gasteiger partial charge >= 0.3 is 5.97 Å². The van der Waals surface area contributed by atoms with E-state index in [1.165, 1.54) is 11.1 Å². The SMILES string of the molecule is C=CC(=O)O.c1ccc(CSCc2ccccc2)cc1. The van der Waals surface area contributed by atoms with Gasteiger partial charge in [0.2, 0.25) is 0 Å². The van der Waals surface area contributed by atoms with Gasteiger partial charge in [0, 0.05) is 17.6 Å². The lowest BCUT2D eigenvalue weighted by atomic mass is 10.2. The van der Waals surface area contributed by atoms with Gasteiger partial charge in [-0.2, -0.15) is 11.8 Å². The summed E-state index contributed by atoms with van der Waals surface area (Å²) in [5, 5.41) is 7.60. The molecule has 0 fully saturated rings. The number of carbonyl (C=O) groups is 1. The van der Waals surface area contributed by atoms with Crippen molar-refractivity contribution in [1.29, 1.82) is 0 Å². The van der Waals surface area contributed by atoms with Crippen LogP contribution in [0.25, 0.3) is 0 Å². The smallest absolute Gasteiger partial charge is 0.327 e. The molecule has 104 valence electrons. The van der Waals surface area contributed by atoms with Gasteiger partial charge in [-0.1, -0.05) is 67.2 Å². The first-order chi connectivity index (χ1) is 9.72. The van der Waals surface area contributed by atoms with E-state index in [-0.39, 0.29) is 0 Å². The van der Waals surface area contributed by atoms with Crippen LogP contribution in [0.1, 0.15) is 11.1 Å². The van der Waals surface area contributed by atoms with E-state index in [4.69, 9.17) is 5.11 Å². The normalized spacial score (nSPS) is 9.20. The van der Waals surface area contributed by atoms with Crippen LogP contribution in [-0.4, -0.2) is 11.1 Å². The van der Waals surface area contributed by atoms with Crippen LogP contribution in [0.2, 0.25) is 0 Å². The Morgan fingerprint density at radius 2 is 1.30 bits per heavy atom. The van der Waals surface area contributed by atoms with Crippen LogP contribution >= 0.6 is 11.8 Å². The average molecular weight is 286 g/mol. The Balaban J connectivity index is 0.000000347. The number of benzene rings is 2. The van der Waals surface area contributed by atoms with Crippen molar-refractivity contribution in [3.05, 3.63) is 84.4 Å². The molecule has 2 rings (SSSR count). The van der Waals surface area contributed by atoms with Crippen molar-refractivity contribution >= 4 is 17.7 Å². The van der Waals surface area contributed by atoms with E-state index in [0.717, 1.165) is 17.6 Å². The maximum absolute atomic E-state index is 9.25. The van der Waals surface area contributed by atoms with E-state index in [2.05, 4.69) is 67.2 Å². The Morgan fingerprint density at radius 1 is 0.950 bits per heavy atom. The van der Waals surface area contributed by atoms with Gasteiger partial charge in [0.05, 0.1) is 0 Å². The molecular weight excluding hydrogens is 268 g/mol. The van der Waals surface area contributed by atoms with Crippen molar-refractivity contribution in [2.45, 2.75) is 11.5 Å². The topological polar surface area (TPSA) is 37.3 Å². The summed E-state index contributed by atoms with van der Waals surface area (Å²) < 4.78 is 0. The number of carboxylic acids is 1. The number of rotatable bonds is 5. The number of hydrogen-bond donors (Lipinski definition) is 1. The predicted octanol–water partition coefficient (Wildman–Crippen LogP) is 4.38. The van der Waals surface area contributed by atoms with Gasteiger partial charge in [-0.3, -0.25) is 0 Å². The highest BCUT2D eigenvalue weighted by molar-refractivity contribution is 7.97. The fourth-order valence-corrected chi connectivity index (χ4v) is 2.39. The van der Waals surface area contributed by atoms with Crippen LogP contribution in [-0.2, 0) is 16.3 Å². The molecular formula is C17H18O2S. The van der Waals surface area contributed by atoms with Crippen LogP contribution in [0.5, 0.6) is 0 Å². The van der Waals surface area contributed by atoms with E-state index in [1.807, 2.05) is 11.8 Å². The summed E-state index contributed by atoms with van der Waals surface area (Å²) in [6, 6.07) is 21.2. The zero-order chi connectivity index (χ0) is 14.6. The molecule has 2 aromatic rings. The molecule has 0 heterocycles. The Morgan fingerprint density at radius 3 is 1.60 bits per heavy atom. The van der Waals surface area contributed by atoms with Crippen molar-refractivity contribution in [1.82, 2.24) is 0 Å². The van der Waals surface area contributed by atoms with Gasteiger partial charge in [-0.05, 0) is 11.1 Å². The molecule has 0 aliphatic heterocycles.